The second-order valence-corrected chi connectivity index (χ2v) is 5.33. The third-order valence-corrected chi connectivity index (χ3v) is 4.07. The zero-order valence-corrected chi connectivity index (χ0v) is 10.2. The minimum absolute atomic E-state index is 0.178. The van der Waals surface area contributed by atoms with Gasteiger partial charge in [-0.2, -0.15) is 5.10 Å². The van der Waals surface area contributed by atoms with E-state index in [0.717, 1.165) is 17.3 Å². The average molecular weight is 207 g/mol. The van der Waals surface area contributed by atoms with E-state index in [1.165, 1.54) is 25.0 Å². The first-order chi connectivity index (χ1) is 6.94. The Morgan fingerprint density at radius 1 is 1.40 bits per heavy atom. The van der Waals surface area contributed by atoms with Crippen LogP contribution in [0.3, 0.4) is 0 Å². The third kappa shape index (κ3) is 1.45. The molecule has 2 rings (SSSR count). The van der Waals surface area contributed by atoms with Gasteiger partial charge in [0.2, 0.25) is 0 Å². The average Bonchev–Trinajstić information content (AvgIpc) is 2.29. The van der Waals surface area contributed by atoms with Gasteiger partial charge in [0.25, 0.3) is 0 Å². The fraction of sp³-hybridized carbons (Fsp3) is 0.750. The van der Waals surface area contributed by atoms with Crippen LogP contribution in [-0.2, 0) is 12.5 Å². The van der Waals surface area contributed by atoms with Gasteiger partial charge in [-0.25, -0.2) is 0 Å². The summed E-state index contributed by atoms with van der Waals surface area (Å²) in [6.45, 7) is 6.68. The van der Waals surface area contributed by atoms with Gasteiger partial charge in [-0.1, -0.05) is 20.3 Å². The largest absolute Gasteiger partial charge is 0.384 e. The van der Waals surface area contributed by atoms with Crippen molar-refractivity contribution in [2.24, 2.45) is 13.0 Å². The highest BCUT2D eigenvalue weighted by molar-refractivity contribution is 5.45. The summed E-state index contributed by atoms with van der Waals surface area (Å²) in [7, 11) is 1.92. The molecule has 1 heterocycles. The molecule has 1 aliphatic carbocycles. The Labute approximate surface area is 91.7 Å². The molecule has 15 heavy (non-hydrogen) atoms. The Hall–Kier alpha value is -0.990. The topological polar surface area (TPSA) is 43.8 Å². The SMILES string of the molecule is Cc1c(C(C)(C)C2CCC2)nn(C)c1N. The molecule has 0 saturated heterocycles. The van der Waals surface area contributed by atoms with Crippen molar-refractivity contribution in [1.29, 1.82) is 0 Å². The Bertz CT molecular complexity index is 372. The van der Waals surface area contributed by atoms with Crippen molar-refractivity contribution >= 4 is 5.82 Å². The van der Waals surface area contributed by atoms with E-state index in [2.05, 4.69) is 25.9 Å². The Morgan fingerprint density at radius 2 is 2.00 bits per heavy atom. The fourth-order valence-electron chi connectivity index (χ4n) is 2.58. The highest BCUT2D eigenvalue weighted by Crippen LogP contribution is 2.44. The second kappa shape index (κ2) is 3.26. The maximum Gasteiger partial charge on any atom is 0.124 e. The number of rotatable bonds is 2. The van der Waals surface area contributed by atoms with Crippen LogP contribution >= 0.6 is 0 Å². The molecule has 0 radical (unpaired) electrons. The van der Waals surface area contributed by atoms with E-state index < -0.39 is 0 Å². The molecule has 3 nitrogen and oxygen atoms in total. The summed E-state index contributed by atoms with van der Waals surface area (Å²) in [5, 5.41) is 4.58. The predicted octanol–water partition coefficient (Wildman–Crippen LogP) is 2.39. The lowest BCUT2D eigenvalue weighted by molar-refractivity contribution is 0.188. The molecule has 0 spiro atoms. The summed E-state index contributed by atoms with van der Waals surface area (Å²) >= 11 is 0. The summed E-state index contributed by atoms with van der Waals surface area (Å²) in [6.07, 6.45) is 4.04. The summed E-state index contributed by atoms with van der Waals surface area (Å²) in [5.41, 5.74) is 8.49. The fourth-order valence-corrected chi connectivity index (χ4v) is 2.58. The van der Waals surface area contributed by atoms with Gasteiger partial charge in [0.05, 0.1) is 5.69 Å². The van der Waals surface area contributed by atoms with Crippen LogP contribution in [0.5, 0.6) is 0 Å². The van der Waals surface area contributed by atoms with Gasteiger partial charge >= 0.3 is 0 Å². The van der Waals surface area contributed by atoms with E-state index in [9.17, 15) is 0 Å². The number of nitrogens with two attached hydrogens (primary N) is 1. The van der Waals surface area contributed by atoms with E-state index >= 15 is 0 Å². The van der Waals surface area contributed by atoms with E-state index in [4.69, 9.17) is 5.73 Å². The number of nitrogen functional groups attached to an aromatic ring is 1. The molecule has 0 atom stereocenters. The molecule has 0 aliphatic heterocycles. The number of aromatic nitrogens is 2. The maximum atomic E-state index is 5.96. The summed E-state index contributed by atoms with van der Waals surface area (Å²) < 4.78 is 1.80. The number of hydrogen-bond acceptors (Lipinski definition) is 2. The number of anilines is 1. The molecule has 3 heteroatoms. The zero-order chi connectivity index (χ0) is 11.2. The van der Waals surface area contributed by atoms with Crippen LogP contribution in [0.25, 0.3) is 0 Å². The highest BCUT2D eigenvalue weighted by atomic mass is 15.3. The Kier molecular flexibility index (Phi) is 2.28. The molecule has 1 aliphatic rings. The van der Waals surface area contributed by atoms with Crippen molar-refractivity contribution < 1.29 is 0 Å². The Morgan fingerprint density at radius 3 is 2.33 bits per heavy atom. The van der Waals surface area contributed by atoms with Crippen LogP contribution < -0.4 is 5.73 Å². The number of nitrogens with zero attached hydrogens (tertiary/aromatic N) is 2. The maximum absolute atomic E-state index is 5.96. The zero-order valence-electron chi connectivity index (χ0n) is 10.2. The van der Waals surface area contributed by atoms with Crippen LogP contribution in [0, 0.1) is 12.8 Å². The molecule has 0 aromatic carbocycles. The quantitative estimate of drug-likeness (QED) is 0.809. The molecule has 1 saturated carbocycles. The van der Waals surface area contributed by atoms with E-state index in [1.54, 1.807) is 4.68 Å². The minimum atomic E-state index is 0.178. The molecule has 0 bridgehead atoms. The standard InChI is InChI=1S/C12H21N3/c1-8-10(14-15(4)11(8)13)12(2,3)9-6-5-7-9/h9H,5-7,13H2,1-4H3. The molecule has 1 aromatic rings. The highest BCUT2D eigenvalue weighted by Gasteiger charge is 2.38. The van der Waals surface area contributed by atoms with Crippen LogP contribution in [0.4, 0.5) is 5.82 Å². The van der Waals surface area contributed by atoms with E-state index in [1.807, 2.05) is 7.05 Å². The lowest BCUT2D eigenvalue weighted by Crippen LogP contribution is -2.34. The van der Waals surface area contributed by atoms with Crippen molar-refractivity contribution in [2.45, 2.75) is 45.4 Å². The molecule has 2 N–H and O–H groups in total. The lowest BCUT2D eigenvalue weighted by Gasteiger charge is -2.39. The minimum Gasteiger partial charge on any atom is -0.384 e. The molecule has 84 valence electrons. The van der Waals surface area contributed by atoms with Gasteiger partial charge in [0.1, 0.15) is 5.82 Å². The van der Waals surface area contributed by atoms with Crippen LogP contribution in [0.1, 0.15) is 44.4 Å². The van der Waals surface area contributed by atoms with Crippen LogP contribution in [0.15, 0.2) is 0 Å². The van der Waals surface area contributed by atoms with E-state index in [-0.39, 0.29) is 5.41 Å². The number of hydrogen-bond donors (Lipinski definition) is 1. The molecule has 0 unspecified atom stereocenters. The molecule has 0 amide bonds. The van der Waals surface area contributed by atoms with Crippen molar-refractivity contribution in [3.8, 4) is 0 Å². The van der Waals surface area contributed by atoms with Crippen molar-refractivity contribution in [1.82, 2.24) is 9.78 Å². The summed E-state index contributed by atoms with van der Waals surface area (Å²) in [5.74, 6) is 1.59. The predicted molar refractivity (Wildman–Crippen MR) is 62.7 cm³/mol. The summed E-state index contributed by atoms with van der Waals surface area (Å²) in [4.78, 5) is 0. The second-order valence-electron chi connectivity index (χ2n) is 5.33. The monoisotopic (exact) mass is 207 g/mol. The van der Waals surface area contributed by atoms with Gasteiger partial charge in [0.15, 0.2) is 0 Å². The first-order valence-electron chi connectivity index (χ1n) is 5.74. The normalized spacial score (nSPS) is 17.9. The van der Waals surface area contributed by atoms with Gasteiger partial charge in [-0.3, -0.25) is 4.68 Å². The molecule has 1 aromatic heterocycles. The first kappa shape index (κ1) is 10.5. The molecular weight excluding hydrogens is 186 g/mol. The molecular formula is C12H21N3. The van der Waals surface area contributed by atoms with Gasteiger partial charge in [-0.15, -0.1) is 0 Å². The van der Waals surface area contributed by atoms with Gasteiger partial charge in [-0.05, 0) is 25.7 Å². The van der Waals surface area contributed by atoms with Crippen LogP contribution in [0.2, 0.25) is 0 Å². The summed E-state index contributed by atoms with van der Waals surface area (Å²) in [6, 6.07) is 0. The van der Waals surface area contributed by atoms with Crippen molar-refractivity contribution in [3.63, 3.8) is 0 Å². The van der Waals surface area contributed by atoms with E-state index in [0.29, 0.717) is 0 Å². The first-order valence-corrected chi connectivity index (χ1v) is 5.74. The van der Waals surface area contributed by atoms with Gasteiger partial charge < -0.3 is 5.73 Å². The smallest absolute Gasteiger partial charge is 0.124 e. The van der Waals surface area contributed by atoms with Gasteiger partial charge in [0, 0.05) is 18.0 Å². The number of aryl methyl sites for hydroxylation is 1. The Balaban J connectivity index is 2.39. The van der Waals surface area contributed by atoms with Crippen LogP contribution in [-0.4, -0.2) is 9.78 Å². The third-order valence-electron chi connectivity index (χ3n) is 4.07. The van der Waals surface area contributed by atoms with Crippen molar-refractivity contribution in [2.75, 3.05) is 5.73 Å². The molecule has 1 fully saturated rings. The lowest BCUT2D eigenvalue weighted by atomic mass is 9.65. The van der Waals surface area contributed by atoms with Crippen molar-refractivity contribution in [3.05, 3.63) is 11.3 Å².